The molecule has 16 nitrogen and oxygen atoms in total. The Labute approximate surface area is 314 Å². The molecule has 1 N–H and O–H groups in total. The summed E-state index contributed by atoms with van der Waals surface area (Å²) in [5, 5.41) is 18.7. The Morgan fingerprint density at radius 2 is 1.60 bits per heavy atom. The highest BCUT2D eigenvalue weighted by molar-refractivity contribution is 5.68. The van der Waals surface area contributed by atoms with Gasteiger partial charge in [-0.3, -0.25) is 9.36 Å². The predicted molar refractivity (Wildman–Crippen MR) is 195 cm³/mol. The number of morpholine rings is 1. The summed E-state index contributed by atoms with van der Waals surface area (Å²) in [6.45, 7) is 3.49. The molecule has 16 heteroatoms. The summed E-state index contributed by atoms with van der Waals surface area (Å²) >= 11 is 0. The molecule has 0 spiro atoms. The molecule has 282 valence electrons. The highest BCUT2D eigenvalue weighted by Gasteiger charge is 2.66. The van der Waals surface area contributed by atoms with Gasteiger partial charge in [-0.1, -0.05) is 54.6 Å². The van der Waals surface area contributed by atoms with Crippen LogP contribution in [-0.2, 0) is 19.9 Å². The van der Waals surface area contributed by atoms with Crippen LogP contribution in [0.5, 0.6) is 11.5 Å². The van der Waals surface area contributed by atoms with Gasteiger partial charge in [0.15, 0.2) is 12.0 Å². The third kappa shape index (κ3) is 6.18. The van der Waals surface area contributed by atoms with E-state index < -0.39 is 41.0 Å². The molecule has 2 fully saturated rings. The Morgan fingerprint density at radius 3 is 2.16 bits per heavy atom. The van der Waals surface area contributed by atoms with E-state index in [1.165, 1.54) is 21.9 Å². The van der Waals surface area contributed by atoms with Gasteiger partial charge in [0.05, 0.1) is 39.8 Å². The minimum absolute atomic E-state index is 0.115. The molecule has 2 aliphatic heterocycles. The highest BCUT2D eigenvalue weighted by Crippen LogP contribution is 2.54. The zero-order valence-corrected chi connectivity index (χ0v) is 30.5. The fourth-order valence-electron chi connectivity index (χ4n) is 7.93. The fourth-order valence-corrected chi connectivity index (χ4v) is 7.93. The van der Waals surface area contributed by atoms with Gasteiger partial charge in [0.1, 0.15) is 35.4 Å². The van der Waals surface area contributed by atoms with Gasteiger partial charge >= 0.3 is 11.7 Å². The normalized spacial score (nSPS) is 20.5. The summed E-state index contributed by atoms with van der Waals surface area (Å²) in [5.74, 6) is 0.440. The van der Waals surface area contributed by atoms with Crippen LogP contribution in [0.25, 0.3) is 5.82 Å². The smallest absolute Gasteiger partial charge is 0.351 e. The van der Waals surface area contributed by atoms with Crippen LogP contribution in [-0.4, -0.2) is 84.5 Å². The number of hydrogen-bond acceptors (Lipinski definition) is 13. The molecule has 0 radical (unpaired) electrons. The Hall–Kier alpha value is -6.39. The lowest BCUT2D eigenvalue weighted by Gasteiger charge is -2.41. The first-order valence-corrected chi connectivity index (χ1v) is 17.6. The maximum atomic E-state index is 13.9. The van der Waals surface area contributed by atoms with E-state index in [9.17, 15) is 14.7 Å². The average molecular weight is 747 g/mol. The molecule has 0 aliphatic carbocycles. The number of carboxylic acid groups (broad SMARTS) is 1. The number of aromatic nitrogens is 7. The molecule has 2 aliphatic rings. The van der Waals surface area contributed by atoms with Crippen LogP contribution >= 0.6 is 0 Å². The van der Waals surface area contributed by atoms with Gasteiger partial charge in [-0.25, -0.2) is 14.5 Å². The quantitative estimate of drug-likeness (QED) is 0.167. The maximum absolute atomic E-state index is 13.9. The van der Waals surface area contributed by atoms with Crippen molar-refractivity contribution in [3.8, 4) is 17.3 Å². The summed E-state index contributed by atoms with van der Waals surface area (Å²) in [6.07, 6.45) is 3.11. The van der Waals surface area contributed by atoms with Gasteiger partial charge in [-0.15, -0.1) is 0 Å². The van der Waals surface area contributed by atoms with E-state index in [-0.39, 0.29) is 25.5 Å². The summed E-state index contributed by atoms with van der Waals surface area (Å²) < 4.78 is 33.5. The van der Waals surface area contributed by atoms with E-state index in [4.69, 9.17) is 23.5 Å². The van der Waals surface area contributed by atoms with Crippen molar-refractivity contribution >= 4 is 11.9 Å². The average Bonchev–Trinajstić information content (AvgIpc) is 4.01. The van der Waals surface area contributed by atoms with Crippen molar-refractivity contribution in [3.63, 3.8) is 0 Å². The zero-order chi connectivity index (χ0) is 38.3. The van der Waals surface area contributed by atoms with E-state index in [1.54, 1.807) is 34.3 Å². The van der Waals surface area contributed by atoms with Crippen LogP contribution in [0, 0.1) is 19.8 Å². The molecule has 5 heterocycles. The second-order valence-electron chi connectivity index (χ2n) is 13.6. The number of carbonyl (C=O) groups is 1. The largest absolute Gasteiger partial charge is 0.497 e. The molecule has 6 aromatic rings. The van der Waals surface area contributed by atoms with Gasteiger partial charge in [-0.05, 0) is 53.0 Å². The van der Waals surface area contributed by atoms with Crippen LogP contribution in [0.15, 0.2) is 107 Å². The van der Waals surface area contributed by atoms with Crippen LogP contribution in [0.4, 0.5) is 5.95 Å². The first-order chi connectivity index (χ1) is 26.7. The number of nitrogens with zero attached hydrogens (tertiary/aromatic N) is 8. The van der Waals surface area contributed by atoms with E-state index in [0.717, 1.165) is 16.7 Å². The number of aryl methyl sites for hydroxylation is 2. The van der Waals surface area contributed by atoms with Crippen molar-refractivity contribution in [2.45, 2.75) is 43.7 Å². The minimum Gasteiger partial charge on any atom is -0.497 e. The van der Waals surface area contributed by atoms with Crippen LogP contribution in [0.2, 0.25) is 0 Å². The zero-order valence-electron chi connectivity index (χ0n) is 30.5. The summed E-state index contributed by atoms with van der Waals surface area (Å²) in [5.41, 5.74) is -0.191. The number of aliphatic carboxylic acids is 1. The molecule has 3 aromatic heterocycles. The number of carboxylic acids is 1. The van der Waals surface area contributed by atoms with Crippen molar-refractivity contribution in [3.05, 3.63) is 136 Å². The van der Waals surface area contributed by atoms with E-state index in [1.807, 2.05) is 83.8 Å². The fraction of sp³-hybridized carbons (Fsp3) is 0.308. The topological polar surface area (TPSA) is 182 Å². The molecule has 0 saturated carbocycles. The van der Waals surface area contributed by atoms with Gasteiger partial charge in [0.25, 0.3) is 5.95 Å². The summed E-state index contributed by atoms with van der Waals surface area (Å²) in [6, 6.07) is 24.3. The van der Waals surface area contributed by atoms with Gasteiger partial charge in [0, 0.05) is 24.6 Å². The highest BCUT2D eigenvalue weighted by atomic mass is 16.6. The number of ether oxygens (including phenoxy) is 4. The Bertz CT molecular complexity index is 2300. The third-order valence-electron chi connectivity index (χ3n) is 10.4. The number of anilines is 1. The lowest BCUT2D eigenvalue weighted by molar-refractivity contribution is -0.156. The number of benzene rings is 3. The Morgan fingerprint density at radius 1 is 0.945 bits per heavy atom. The van der Waals surface area contributed by atoms with Crippen molar-refractivity contribution < 1.29 is 33.4 Å². The second kappa shape index (κ2) is 14.1. The molecular weight excluding hydrogens is 708 g/mol. The molecule has 0 unspecified atom stereocenters. The lowest BCUT2D eigenvalue weighted by Crippen LogP contribution is -2.51. The Balaban J connectivity index is 1.28. The number of hydrogen-bond donors (Lipinski definition) is 1. The van der Waals surface area contributed by atoms with E-state index in [0.29, 0.717) is 28.8 Å². The molecule has 3 aromatic carbocycles. The Kier molecular flexibility index (Phi) is 9.14. The van der Waals surface area contributed by atoms with Crippen LogP contribution in [0.3, 0.4) is 0 Å². The van der Waals surface area contributed by atoms with Crippen molar-refractivity contribution in [2.75, 3.05) is 32.3 Å². The molecule has 2 saturated heterocycles. The van der Waals surface area contributed by atoms with E-state index >= 15 is 0 Å². The molecular formula is C39H38N8O8. The predicted octanol–water partition coefficient (Wildman–Crippen LogP) is 4.10. The summed E-state index contributed by atoms with van der Waals surface area (Å²) in [4.78, 5) is 41.3. The molecule has 8 rings (SSSR count). The number of methoxy groups -OCH3 is 2. The van der Waals surface area contributed by atoms with Gasteiger partial charge in [0.2, 0.25) is 5.89 Å². The SMILES string of the molecule is COc1ccc(C(OC[C@@]23CN(c4noc(C)n4)[C@@H]([C@H](n4cc(C)c(-n5cncn5)nc4=O)O2)[C@@H]3CC(=O)O)(c2ccccc2)c2ccc(OC)cc2)cc1. The van der Waals surface area contributed by atoms with Crippen LogP contribution < -0.4 is 20.1 Å². The van der Waals surface area contributed by atoms with E-state index in [2.05, 4.69) is 25.2 Å². The van der Waals surface area contributed by atoms with Gasteiger partial charge < -0.3 is 33.5 Å². The van der Waals surface area contributed by atoms with Gasteiger partial charge in [-0.2, -0.15) is 15.1 Å². The van der Waals surface area contributed by atoms with Crippen molar-refractivity contribution in [1.29, 1.82) is 0 Å². The molecule has 55 heavy (non-hydrogen) atoms. The maximum Gasteiger partial charge on any atom is 0.351 e. The second-order valence-corrected chi connectivity index (χ2v) is 13.6. The lowest BCUT2D eigenvalue weighted by atomic mass is 9.79. The molecule has 2 bridgehead atoms. The molecule has 4 atom stereocenters. The first kappa shape index (κ1) is 35.6. The molecule has 0 amide bonds. The number of rotatable bonds is 13. The van der Waals surface area contributed by atoms with Crippen molar-refractivity contribution in [1.82, 2.24) is 34.5 Å². The van der Waals surface area contributed by atoms with Crippen LogP contribution in [0.1, 0.15) is 40.8 Å². The minimum atomic E-state index is -1.31. The monoisotopic (exact) mass is 746 g/mol. The first-order valence-electron chi connectivity index (χ1n) is 17.6. The standard InChI is InChI=1S/C39H38N8O8/c1-24-19-45(37(50)43-34(24)47-23-40-22-41-47)35-33-31(18-32(48)49)38(54-35,20-46(33)36-42-25(2)55-44-36)21-53-39(26-8-6-5-7-9-26,27-10-14-29(51-3)15-11-27)28-12-16-30(52-4)17-13-28/h5-17,19,22-23,31,33,35H,18,20-21H2,1-4H3,(H,48,49)/t31-,33+,35+,38+/m0/s1. The third-order valence-corrected chi connectivity index (χ3v) is 10.4. The summed E-state index contributed by atoms with van der Waals surface area (Å²) in [7, 11) is 3.21. The number of fused-ring (bicyclic) bond motifs is 2. The van der Waals surface area contributed by atoms with Crippen molar-refractivity contribution in [2.24, 2.45) is 5.92 Å².